The maximum absolute atomic E-state index is 11.7. The highest BCUT2D eigenvalue weighted by atomic mass is 35.5. The van der Waals surface area contributed by atoms with Crippen LogP contribution in [0.2, 0.25) is 15.1 Å². The Morgan fingerprint density at radius 2 is 1.76 bits per heavy atom. The molecule has 0 saturated heterocycles. The van der Waals surface area contributed by atoms with Crippen LogP contribution in [0, 0.1) is 0 Å². The van der Waals surface area contributed by atoms with Crippen molar-refractivity contribution in [2.45, 2.75) is 30.1 Å². The Morgan fingerprint density at radius 3 is 2.44 bits per heavy atom. The Bertz CT molecular complexity index is 1600. The molecule has 34 heavy (non-hydrogen) atoms. The van der Waals surface area contributed by atoms with Gasteiger partial charge < -0.3 is 5.11 Å². The van der Waals surface area contributed by atoms with E-state index in [2.05, 4.69) is 15.2 Å². The molecule has 0 aliphatic carbocycles. The molecule has 9 nitrogen and oxygen atoms in total. The number of hydrogen-bond acceptors (Lipinski definition) is 8. The first-order chi connectivity index (χ1) is 16.3. The molecule has 0 fully saturated rings. The van der Waals surface area contributed by atoms with Crippen molar-refractivity contribution in [3.05, 3.63) is 51.2 Å². The number of halogens is 3. The summed E-state index contributed by atoms with van der Waals surface area (Å²) in [5.74, 6) is 0.385. The van der Waals surface area contributed by atoms with Crippen LogP contribution in [0.3, 0.4) is 0 Å². The normalized spacial score (nSPS) is 11.7. The summed E-state index contributed by atoms with van der Waals surface area (Å²) in [6, 6.07) is 4.60. The lowest BCUT2D eigenvalue weighted by Gasteiger charge is -2.14. The van der Waals surface area contributed by atoms with Crippen molar-refractivity contribution in [1.82, 2.24) is 34.3 Å². The zero-order valence-corrected chi connectivity index (χ0v) is 20.7. The highest BCUT2D eigenvalue weighted by Crippen LogP contribution is 2.36. The molecule has 4 aromatic heterocycles. The Kier molecular flexibility index (Phi) is 5.85. The standard InChI is InChI=1S/C21H14Cl3N7O2S/c1-9(2)31-20(33)28-29-21(31)34-19-18(26-14-4-12(23)13(24)5-15(14)27-19)30-7-10(8-32)17-16(30)3-11(22)6-25-17/h3-9H,1-2H3,(H,28,33). The number of fused-ring (bicyclic) bond motifs is 2. The van der Waals surface area contributed by atoms with Gasteiger partial charge in [-0.05, 0) is 43.8 Å². The number of aromatic nitrogens is 7. The van der Waals surface area contributed by atoms with Crippen LogP contribution in [0.4, 0.5) is 0 Å². The Balaban J connectivity index is 1.81. The maximum atomic E-state index is 11.7. The van der Waals surface area contributed by atoms with Gasteiger partial charge in [0.25, 0.3) is 0 Å². The van der Waals surface area contributed by atoms with Crippen molar-refractivity contribution in [2.24, 2.45) is 0 Å². The molecule has 0 radical (unpaired) electrons. The van der Waals surface area contributed by atoms with Crippen LogP contribution < -0.4 is 0 Å². The van der Waals surface area contributed by atoms with Crippen molar-refractivity contribution < 1.29 is 9.90 Å². The zero-order chi connectivity index (χ0) is 24.1. The van der Waals surface area contributed by atoms with Crippen LogP contribution in [0.15, 0.2) is 40.8 Å². The summed E-state index contributed by atoms with van der Waals surface area (Å²) in [7, 11) is 0. The van der Waals surface area contributed by atoms with Crippen LogP contribution in [-0.2, 0) is 0 Å². The highest BCUT2D eigenvalue weighted by Gasteiger charge is 2.22. The topological polar surface area (TPSA) is 112 Å². The summed E-state index contributed by atoms with van der Waals surface area (Å²) in [4.78, 5) is 25.6. The summed E-state index contributed by atoms with van der Waals surface area (Å²) >= 11 is 19.8. The van der Waals surface area contributed by atoms with Gasteiger partial charge in [-0.15, -0.1) is 5.10 Å². The van der Waals surface area contributed by atoms with E-state index in [-0.39, 0.29) is 12.1 Å². The summed E-state index contributed by atoms with van der Waals surface area (Å²) in [5.41, 5.74) is 2.39. The monoisotopic (exact) mass is 533 g/mol. The van der Waals surface area contributed by atoms with Crippen molar-refractivity contribution >= 4 is 74.9 Å². The van der Waals surface area contributed by atoms with Gasteiger partial charge >= 0.3 is 6.01 Å². The van der Waals surface area contributed by atoms with Crippen LogP contribution in [0.5, 0.6) is 6.01 Å². The lowest BCUT2D eigenvalue weighted by molar-refractivity contribution is 0.112. The molecular weight excluding hydrogens is 521 g/mol. The lowest BCUT2D eigenvalue weighted by Crippen LogP contribution is -2.05. The molecule has 5 rings (SSSR count). The smallest absolute Gasteiger partial charge is 0.315 e. The number of benzene rings is 1. The number of rotatable bonds is 5. The van der Waals surface area contributed by atoms with Gasteiger partial charge in [-0.2, -0.15) is 0 Å². The quantitative estimate of drug-likeness (QED) is 0.283. The number of carbonyl (C=O) groups is 1. The molecule has 172 valence electrons. The van der Waals surface area contributed by atoms with Crippen molar-refractivity contribution in [2.75, 3.05) is 0 Å². The molecule has 0 aliphatic rings. The first-order valence-electron chi connectivity index (χ1n) is 9.87. The summed E-state index contributed by atoms with van der Waals surface area (Å²) in [6.45, 7) is 3.79. The fourth-order valence-corrected chi connectivity index (χ4v) is 4.99. The fraction of sp³-hybridized carbons (Fsp3) is 0.143. The number of aromatic hydroxyl groups is 1. The minimum Gasteiger partial charge on any atom is -0.479 e. The van der Waals surface area contributed by atoms with E-state index in [1.165, 1.54) is 6.20 Å². The van der Waals surface area contributed by atoms with E-state index in [9.17, 15) is 9.90 Å². The lowest BCUT2D eigenvalue weighted by atomic mass is 10.3. The van der Waals surface area contributed by atoms with Gasteiger partial charge in [0.15, 0.2) is 12.1 Å². The second-order valence-corrected chi connectivity index (χ2v) is 9.76. The predicted molar refractivity (Wildman–Crippen MR) is 131 cm³/mol. The van der Waals surface area contributed by atoms with E-state index < -0.39 is 0 Å². The van der Waals surface area contributed by atoms with Gasteiger partial charge in [0.05, 0.1) is 42.7 Å². The average molecular weight is 535 g/mol. The average Bonchev–Trinajstić information content (AvgIpc) is 3.34. The predicted octanol–water partition coefficient (Wildman–Crippen LogP) is 5.77. The van der Waals surface area contributed by atoms with E-state index in [0.29, 0.717) is 65.0 Å². The molecular formula is C21H14Cl3N7O2S. The largest absolute Gasteiger partial charge is 0.479 e. The Morgan fingerprint density at radius 1 is 1.06 bits per heavy atom. The molecule has 0 aliphatic heterocycles. The van der Waals surface area contributed by atoms with E-state index >= 15 is 0 Å². The van der Waals surface area contributed by atoms with E-state index in [1.54, 1.807) is 33.5 Å². The first kappa shape index (κ1) is 22.9. The molecule has 0 amide bonds. The zero-order valence-electron chi connectivity index (χ0n) is 17.6. The minimum atomic E-state index is -0.215. The Hall–Kier alpha value is -2.92. The molecule has 1 N–H and O–H groups in total. The van der Waals surface area contributed by atoms with Gasteiger partial charge in [0.1, 0.15) is 5.03 Å². The SMILES string of the molecule is CC(C)n1c(O)nnc1Sc1nc2cc(Cl)c(Cl)cc2nc1-n1cc(C=O)c2ncc(Cl)cc21. The highest BCUT2D eigenvalue weighted by molar-refractivity contribution is 7.99. The maximum Gasteiger partial charge on any atom is 0.315 e. The van der Waals surface area contributed by atoms with Crippen molar-refractivity contribution in [3.8, 4) is 11.8 Å². The molecule has 0 unspecified atom stereocenters. The fourth-order valence-electron chi connectivity index (χ4n) is 3.49. The van der Waals surface area contributed by atoms with Gasteiger partial charge in [-0.1, -0.05) is 39.9 Å². The van der Waals surface area contributed by atoms with Gasteiger partial charge in [-0.3, -0.25) is 18.9 Å². The van der Waals surface area contributed by atoms with Crippen LogP contribution in [0.1, 0.15) is 30.2 Å². The molecule has 5 aromatic rings. The molecule has 0 spiro atoms. The number of carbonyl (C=O) groups excluding carboxylic acids is 1. The Labute approximate surface area is 211 Å². The molecule has 0 atom stereocenters. The third kappa shape index (κ3) is 3.86. The van der Waals surface area contributed by atoms with Crippen LogP contribution in [-0.4, -0.2) is 45.7 Å². The summed E-state index contributed by atoms with van der Waals surface area (Å²) in [5, 5.41) is 19.9. The third-order valence-electron chi connectivity index (χ3n) is 5.00. The van der Waals surface area contributed by atoms with E-state index in [1.807, 2.05) is 13.8 Å². The van der Waals surface area contributed by atoms with Crippen molar-refractivity contribution in [1.29, 1.82) is 0 Å². The summed E-state index contributed by atoms with van der Waals surface area (Å²) < 4.78 is 3.25. The third-order valence-corrected chi connectivity index (χ3v) is 6.86. The first-order valence-corrected chi connectivity index (χ1v) is 11.8. The summed E-state index contributed by atoms with van der Waals surface area (Å²) in [6.07, 6.45) is 3.80. The van der Waals surface area contributed by atoms with Gasteiger partial charge in [-0.25, -0.2) is 9.97 Å². The minimum absolute atomic E-state index is 0.111. The molecule has 1 aromatic carbocycles. The van der Waals surface area contributed by atoms with Crippen molar-refractivity contribution in [3.63, 3.8) is 0 Å². The molecule has 4 heterocycles. The van der Waals surface area contributed by atoms with Gasteiger partial charge in [0, 0.05) is 18.4 Å². The van der Waals surface area contributed by atoms with Crippen LogP contribution >= 0.6 is 46.6 Å². The number of pyridine rings is 1. The molecule has 0 saturated carbocycles. The molecule has 0 bridgehead atoms. The number of nitrogens with zero attached hydrogens (tertiary/aromatic N) is 7. The second kappa shape index (κ2) is 8.70. The van der Waals surface area contributed by atoms with E-state index in [4.69, 9.17) is 44.8 Å². The van der Waals surface area contributed by atoms with Crippen LogP contribution in [0.25, 0.3) is 27.9 Å². The molecule has 13 heteroatoms. The number of hydrogen-bond donors (Lipinski definition) is 1. The van der Waals surface area contributed by atoms with E-state index in [0.717, 1.165) is 11.8 Å². The number of aldehydes is 1. The second-order valence-electron chi connectivity index (χ2n) is 7.55. The van der Waals surface area contributed by atoms with Gasteiger partial charge in [0.2, 0.25) is 5.16 Å².